The third-order valence-corrected chi connectivity index (χ3v) is 8.56. The molecule has 0 amide bonds. The number of ether oxygens (including phenoxy) is 1. The summed E-state index contributed by atoms with van der Waals surface area (Å²) in [5.41, 5.74) is -5.20. The first-order valence-corrected chi connectivity index (χ1v) is 11.2. The van der Waals surface area contributed by atoms with Crippen LogP contribution < -0.4 is 0 Å². The molecule has 0 aromatic heterocycles. The average molecular weight is 420 g/mol. The van der Waals surface area contributed by atoms with Crippen LogP contribution in [0.25, 0.3) is 0 Å². The summed E-state index contributed by atoms with van der Waals surface area (Å²) in [5.74, 6) is -8.38. The number of halogens is 4. The van der Waals surface area contributed by atoms with Crippen molar-refractivity contribution in [1.82, 2.24) is 0 Å². The van der Waals surface area contributed by atoms with Gasteiger partial charge in [-0.15, -0.1) is 0 Å². The fourth-order valence-electron chi connectivity index (χ4n) is 6.30. The Morgan fingerprint density at radius 3 is 1.79 bits per heavy atom. The van der Waals surface area contributed by atoms with E-state index in [1.54, 1.807) is 0 Å². The van der Waals surface area contributed by atoms with E-state index in [2.05, 4.69) is 6.92 Å². The Morgan fingerprint density at radius 2 is 1.28 bits per heavy atom. The molecule has 7 heteroatoms. The minimum absolute atomic E-state index is 0.423. The van der Waals surface area contributed by atoms with Crippen molar-refractivity contribution in [1.29, 1.82) is 0 Å². The minimum atomic E-state index is -4.59. The summed E-state index contributed by atoms with van der Waals surface area (Å²) < 4.78 is 63.1. The van der Waals surface area contributed by atoms with Gasteiger partial charge >= 0.3 is 17.8 Å². The molecule has 29 heavy (non-hydrogen) atoms. The summed E-state index contributed by atoms with van der Waals surface area (Å²) in [6.45, 7) is 2.28. The van der Waals surface area contributed by atoms with Crippen LogP contribution in [0.1, 0.15) is 84.0 Å². The van der Waals surface area contributed by atoms with E-state index >= 15 is 0 Å². The van der Waals surface area contributed by atoms with Crippen LogP contribution in [0.3, 0.4) is 0 Å². The number of hydrogen-bond donors (Lipinski definition) is 1. The van der Waals surface area contributed by atoms with Crippen LogP contribution in [-0.2, 0) is 9.53 Å². The van der Waals surface area contributed by atoms with E-state index in [0.29, 0.717) is 24.7 Å². The molecule has 0 atom stereocenters. The maximum atomic E-state index is 14.7. The van der Waals surface area contributed by atoms with Gasteiger partial charge in [-0.2, -0.15) is 17.6 Å². The van der Waals surface area contributed by atoms with Gasteiger partial charge in [0.2, 0.25) is 0 Å². The van der Waals surface area contributed by atoms with Crippen LogP contribution >= 0.6 is 0 Å². The largest absolute Gasteiger partial charge is 0.452 e. The molecule has 5 aliphatic carbocycles. The molecule has 5 fully saturated rings. The van der Waals surface area contributed by atoms with Crippen molar-refractivity contribution in [2.75, 3.05) is 0 Å². The summed E-state index contributed by atoms with van der Waals surface area (Å²) in [7, 11) is 0. The van der Waals surface area contributed by atoms with Crippen LogP contribution in [0.4, 0.5) is 17.6 Å². The molecule has 0 heterocycles. The minimum Gasteiger partial charge on any atom is -0.452 e. The van der Waals surface area contributed by atoms with Crippen molar-refractivity contribution < 1.29 is 32.2 Å². The predicted octanol–water partition coefficient (Wildman–Crippen LogP) is 5.49. The van der Waals surface area contributed by atoms with E-state index in [0.717, 1.165) is 18.8 Å². The van der Waals surface area contributed by atoms with Crippen molar-refractivity contribution in [2.24, 2.45) is 23.7 Å². The predicted molar refractivity (Wildman–Crippen MR) is 98.7 cm³/mol. The number of rotatable bonds is 3. The Hall–Kier alpha value is -0.850. The number of aliphatic hydroxyl groups is 1. The van der Waals surface area contributed by atoms with Crippen molar-refractivity contribution in [3.63, 3.8) is 0 Å². The molecule has 0 spiro atoms. The van der Waals surface area contributed by atoms with E-state index in [4.69, 9.17) is 4.74 Å². The Bertz CT molecular complexity index is 626. The molecule has 5 saturated carbocycles. The summed E-state index contributed by atoms with van der Waals surface area (Å²) in [6.07, 6.45) is 6.02. The van der Waals surface area contributed by atoms with Crippen LogP contribution in [0.15, 0.2) is 0 Å². The molecule has 166 valence electrons. The molecule has 2 bridgehead atoms. The lowest BCUT2D eigenvalue weighted by atomic mass is 9.60. The Kier molecular flexibility index (Phi) is 5.23. The van der Waals surface area contributed by atoms with Crippen LogP contribution in [0.5, 0.6) is 0 Å². The van der Waals surface area contributed by atoms with Gasteiger partial charge in [0.1, 0.15) is 5.60 Å². The standard InChI is InChI=1S/C22H32F4O3/c1-14-2-4-15(5-3-14)16-6-8-17(9-7-16)18(27)29-20-12-10-19(28,11-13-20)21(23,24)22(20,25)26/h14-17,28H,2-13H2,1H3. The SMILES string of the molecule is CC1CCC(C2CCC(C(=O)OC34CCC(O)(CC3)C(F)(F)C4(F)F)CC2)CC1. The average Bonchev–Trinajstić information content (AvgIpc) is 2.69. The third-order valence-electron chi connectivity index (χ3n) is 8.56. The van der Waals surface area contributed by atoms with E-state index in [1.165, 1.54) is 25.7 Å². The second kappa shape index (κ2) is 7.10. The molecule has 1 N–H and O–H groups in total. The Morgan fingerprint density at radius 1 is 0.793 bits per heavy atom. The molecule has 0 aromatic carbocycles. The summed E-state index contributed by atoms with van der Waals surface area (Å²) in [4.78, 5) is 12.7. The monoisotopic (exact) mass is 420 g/mol. The van der Waals surface area contributed by atoms with Gasteiger partial charge in [0.05, 0.1) is 5.92 Å². The van der Waals surface area contributed by atoms with E-state index in [-0.39, 0.29) is 0 Å². The zero-order chi connectivity index (χ0) is 21.1. The molecule has 0 aromatic rings. The molecule has 0 radical (unpaired) electrons. The van der Waals surface area contributed by atoms with E-state index < -0.39 is 60.6 Å². The van der Waals surface area contributed by atoms with Crippen molar-refractivity contribution in [3.05, 3.63) is 0 Å². The second-order valence-electron chi connectivity index (χ2n) is 10.2. The number of fused-ring (bicyclic) bond motifs is 3. The lowest BCUT2D eigenvalue weighted by Gasteiger charge is -2.58. The van der Waals surface area contributed by atoms with Gasteiger partial charge in [0.25, 0.3) is 0 Å². The first-order chi connectivity index (χ1) is 13.5. The van der Waals surface area contributed by atoms with Gasteiger partial charge in [-0.3, -0.25) is 4.79 Å². The zero-order valence-electron chi connectivity index (χ0n) is 17.1. The first-order valence-electron chi connectivity index (χ1n) is 11.2. The highest BCUT2D eigenvalue weighted by Crippen LogP contribution is 2.64. The Labute approximate surface area is 169 Å². The number of esters is 1. The fourth-order valence-corrected chi connectivity index (χ4v) is 6.30. The number of carbonyl (C=O) groups is 1. The zero-order valence-corrected chi connectivity index (χ0v) is 17.1. The summed E-state index contributed by atoms with van der Waals surface area (Å²) in [6, 6.07) is 0. The first kappa shape index (κ1) is 21.4. The highest BCUT2D eigenvalue weighted by molar-refractivity contribution is 5.73. The quantitative estimate of drug-likeness (QED) is 0.485. The molecule has 3 nitrogen and oxygen atoms in total. The molecule has 0 saturated heterocycles. The lowest BCUT2D eigenvalue weighted by molar-refractivity contribution is -0.396. The van der Waals surface area contributed by atoms with E-state index in [9.17, 15) is 27.5 Å². The van der Waals surface area contributed by atoms with Gasteiger partial charge in [-0.25, -0.2) is 0 Å². The summed E-state index contributed by atoms with van der Waals surface area (Å²) in [5, 5.41) is 9.98. The number of hydrogen-bond acceptors (Lipinski definition) is 3. The van der Waals surface area contributed by atoms with Crippen molar-refractivity contribution in [2.45, 2.75) is 107 Å². The molecular formula is C22H32F4O3. The van der Waals surface area contributed by atoms with Crippen molar-refractivity contribution in [3.8, 4) is 0 Å². The van der Waals surface area contributed by atoms with Gasteiger partial charge in [0.15, 0.2) is 5.60 Å². The van der Waals surface area contributed by atoms with Gasteiger partial charge in [0, 0.05) is 0 Å². The third kappa shape index (κ3) is 3.21. The summed E-state index contributed by atoms with van der Waals surface area (Å²) >= 11 is 0. The Balaban J connectivity index is 1.38. The van der Waals surface area contributed by atoms with E-state index in [1.807, 2.05) is 0 Å². The van der Waals surface area contributed by atoms with Gasteiger partial charge in [-0.1, -0.05) is 19.8 Å². The molecule has 0 unspecified atom stereocenters. The normalized spacial score (nSPS) is 46.3. The molecule has 0 aliphatic heterocycles. The highest BCUT2D eigenvalue weighted by Gasteiger charge is 2.83. The number of carbonyl (C=O) groups excluding carboxylic acids is 1. The van der Waals surface area contributed by atoms with Crippen LogP contribution in [0, 0.1) is 23.7 Å². The molecule has 5 aliphatic rings. The highest BCUT2D eigenvalue weighted by atomic mass is 19.3. The van der Waals surface area contributed by atoms with Crippen LogP contribution in [0.2, 0.25) is 0 Å². The molecule has 5 rings (SSSR count). The second-order valence-corrected chi connectivity index (χ2v) is 10.2. The maximum Gasteiger partial charge on any atom is 0.351 e. The lowest BCUT2D eigenvalue weighted by Crippen LogP contribution is -2.76. The van der Waals surface area contributed by atoms with Gasteiger partial charge in [-0.05, 0) is 82.0 Å². The smallest absolute Gasteiger partial charge is 0.351 e. The van der Waals surface area contributed by atoms with Crippen molar-refractivity contribution >= 4 is 5.97 Å². The molecular weight excluding hydrogens is 388 g/mol. The number of alkyl halides is 4. The maximum absolute atomic E-state index is 14.7. The topological polar surface area (TPSA) is 46.5 Å². The van der Waals surface area contributed by atoms with Crippen LogP contribution in [-0.4, -0.2) is 34.1 Å². The fraction of sp³-hybridized carbons (Fsp3) is 0.955. The van der Waals surface area contributed by atoms with Gasteiger partial charge < -0.3 is 9.84 Å².